The van der Waals surface area contributed by atoms with E-state index in [0.29, 0.717) is 30.7 Å². The largest absolute Gasteiger partial charge is 0.494 e. The van der Waals surface area contributed by atoms with Crippen molar-refractivity contribution in [3.63, 3.8) is 0 Å². The number of carbonyl (C=O) groups is 2. The van der Waals surface area contributed by atoms with Gasteiger partial charge >= 0.3 is 5.97 Å². The van der Waals surface area contributed by atoms with E-state index < -0.39 is 5.97 Å². The number of rotatable bonds is 7. The standard InChI is InChI=1S/C18H18BrNO4/c1-23-18(22)13-4-8-15(9-5-13)20-17(21)3-2-12-24-16-10-6-14(19)7-11-16/h4-11H,2-3,12H2,1H3,(H,20,21). The Hall–Kier alpha value is -2.34. The van der Waals surface area contributed by atoms with Crippen LogP contribution in [0.3, 0.4) is 0 Å². The van der Waals surface area contributed by atoms with Gasteiger partial charge in [0.15, 0.2) is 0 Å². The Morgan fingerprint density at radius 3 is 2.33 bits per heavy atom. The van der Waals surface area contributed by atoms with Crippen LogP contribution in [0.5, 0.6) is 5.75 Å². The average molecular weight is 392 g/mol. The van der Waals surface area contributed by atoms with E-state index in [1.165, 1.54) is 7.11 Å². The highest BCUT2D eigenvalue weighted by molar-refractivity contribution is 9.10. The molecular formula is C18H18BrNO4. The first-order valence-electron chi connectivity index (χ1n) is 7.45. The molecule has 2 aromatic rings. The van der Waals surface area contributed by atoms with Crippen LogP contribution in [0.2, 0.25) is 0 Å². The molecule has 6 heteroatoms. The van der Waals surface area contributed by atoms with Gasteiger partial charge in [0.05, 0.1) is 19.3 Å². The summed E-state index contributed by atoms with van der Waals surface area (Å²) >= 11 is 3.36. The Balaban J connectivity index is 1.71. The van der Waals surface area contributed by atoms with E-state index in [1.54, 1.807) is 24.3 Å². The second-order valence-electron chi connectivity index (χ2n) is 5.02. The third kappa shape index (κ3) is 5.70. The van der Waals surface area contributed by atoms with E-state index in [-0.39, 0.29) is 5.91 Å². The summed E-state index contributed by atoms with van der Waals surface area (Å²) < 4.78 is 11.2. The fraction of sp³-hybridized carbons (Fsp3) is 0.222. The number of hydrogen-bond acceptors (Lipinski definition) is 4. The Labute approximate surface area is 149 Å². The molecule has 0 aliphatic carbocycles. The van der Waals surface area contributed by atoms with Crippen LogP contribution >= 0.6 is 15.9 Å². The zero-order chi connectivity index (χ0) is 17.4. The van der Waals surface area contributed by atoms with Crippen LogP contribution in [0.4, 0.5) is 5.69 Å². The number of benzene rings is 2. The van der Waals surface area contributed by atoms with Gasteiger partial charge < -0.3 is 14.8 Å². The molecule has 0 aliphatic rings. The lowest BCUT2D eigenvalue weighted by Crippen LogP contribution is -2.13. The van der Waals surface area contributed by atoms with E-state index in [9.17, 15) is 9.59 Å². The average Bonchev–Trinajstić information content (AvgIpc) is 2.60. The predicted octanol–water partition coefficient (Wildman–Crippen LogP) is 4.03. The van der Waals surface area contributed by atoms with Gasteiger partial charge in [0.2, 0.25) is 5.91 Å². The fourth-order valence-corrected chi connectivity index (χ4v) is 2.25. The van der Waals surface area contributed by atoms with Crippen molar-refractivity contribution in [2.45, 2.75) is 12.8 Å². The number of esters is 1. The predicted molar refractivity (Wildman–Crippen MR) is 95.3 cm³/mol. The topological polar surface area (TPSA) is 64.6 Å². The van der Waals surface area contributed by atoms with Crippen LogP contribution in [-0.2, 0) is 9.53 Å². The second-order valence-corrected chi connectivity index (χ2v) is 5.94. The minimum atomic E-state index is -0.405. The van der Waals surface area contributed by atoms with Crippen molar-refractivity contribution < 1.29 is 19.1 Å². The smallest absolute Gasteiger partial charge is 0.337 e. The third-order valence-electron chi connectivity index (χ3n) is 3.22. The van der Waals surface area contributed by atoms with Crippen LogP contribution in [-0.4, -0.2) is 25.6 Å². The van der Waals surface area contributed by atoms with Crippen LogP contribution in [0.15, 0.2) is 53.0 Å². The molecule has 0 spiro atoms. The van der Waals surface area contributed by atoms with Crippen molar-refractivity contribution in [2.24, 2.45) is 0 Å². The summed E-state index contributed by atoms with van der Waals surface area (Å²) in [5, 5.41) is 2.78. The molecule has 24 heavy (non-hydrogen) atoms. The van der Waals surface area contributed by atoms with Crippen molar-refractivity contribution in [1.29, 1.82) is 0 Å². The molecule has 0 radical (unpaired) electrons. The van der Waals surface area contributed by atoms with Gasteiger partial charge in [0, 0.05) is 16.6 Å². The lowest BCUT2D eigenvalue weighted by molar-refractivity contribution is -0.116. The molecule has 5 nitrogen and oxygen atoms in total. The van der Waals surface area contributed by atoms with Crippen LogP contribution in [0, 0.1) is 0 Å². The zero-order valence-corrected chi connectivity index (χ0v) is 14.8. The molecule has 0 saturated carbocycles. The van der Waals surface area contributed by atoms with Crippen molar-refractivity contribution in [3.05, 3.63) is 58.6 Å². The first-order chi connectivity index (χ1) is 11.6. The normalized spacial score (nSPS) is 10.1. The Bertz CT molecular complexity index is 683. The minimum Gasteiger partial charge on any atom is -0.494 e. The molecule has 0 unspecified atom stereocenters. The van der Waals surface area contributed by atoms with Gasteiger partial charge in [-0.15, -0.1) is 0 Å². The van der Waals surface area contributed by atoms with Gasteiger partial charge in [0.25, 0.3) is 0 Å². The van der Waals surface area contributed by atoms with Gasteiger partial charge in [-0.1, -0.05) is 15.9 Å². The van der Waals surface area contributed by atoms with E-state index in [1.807, 2.05) is 24.3 Å². The number of halogens is 1. The maximum atomic E-state index is 11.9. The van der Waals surface area contributed by atoms with Gasteiger partial charge in [-0.3, -0.25) is 4.79 Å². The molecule has 0 saturated heterocycles. The molecule has 1 N–H and O–H groups in total. The van der Waals surface area contributed by atoms with Crippen molar-refractivity contribution in [3.8, 4) is 5.75 Å². The molecule has 0 aromatic heterocycles. The summed E-state index contributed by atoms with van der Waals surface area (Å²) in [5.41, 5.74) is 1.08. The van der Waals surface area contributed by atoms with E-state index >= 15 is 0 Å². The summed E-state index contributed by atoms with van der Waals surface area (Å²) in [5.74, 6) is 0.273. The number of ether oxygens (including phenoxy) is 2. The number of anilines is 1. The molecule has 0 atom stereocenters. The van der Waals surface area contributed by atoms with E-state index in [2.05, 4.69) is 26.0 Å². The van der Waals surface area contributed by atoms with E-state index in [4.69, 9.17) is 4.74 Å². The van der Waals surface area contributed by atoms with Crippen molar-refractivity contribution >= 4 is 33.5 Å². The Morgan fingerprint density at radius 1 is 1.04 bits per heavy atom. The molecule has 1 amide bonds. The lowest BCUT2D eigenvalue weighted by Gasteiger charge is -2.08. The van der Waals surface area contributed by atoms with Crippen LogP contribution < -0.4 is 10.1 Å². The highest BCUT2D eigenvalue weighted by Gasteiger charge is 2.06. The first-order valence-corrected chi connectivity index (χ1v) is 8.24. The summed E-state index contributed by atoms with van der Waals surface area (Å²) in [7, 11) is 1.33. The highest BCUT2D eigenvalue weighted by Crippen LogP contribution is 2.16. The summed E-state index contributed by atoms with van der Waals surface area (Å²) in [6, 6.07) is 14.1. The number of nitrogens with one attached hydrogen (secondary N) is 1. The molecule has 0 bridgehead atoms. The molecule has 126 valence electrons. The number of amides is 1. The number of hydrogen-bond donors (Lipinski definition) is 1. The summed E-state index contributed by atoms with van der Waals surface area (Å²) in [6.07, 6.45) is 0.970. The minimum absolute atomic E-state index is 0.0970. The molecule has 0 heterocycles. The quantitative estimate of drug-likeness (QED) is 0.571. The zero-order valence-electron chi connectivity index (χ0n) is 13.3. The maximum absolute atomic E-state index is 11.9. The lowest BCUT2D eigenvalue weighted by atomic mass is 10.2. The third-order valence-corrected chi connectivity index (χ3v) is 3.75. The summed E-state index contributed by atoms with van der Waals surface area (Å²) in [6.45, 7) is 0.469. The second kappa shape index (κ2) is 9.08. The SMILES string of the molecule is COC(=O)c1ccc(NC(=O)CCCOc2ccc(Br)cc2)cc1. The highest BCUT2D eigenvalue weighted by atomic mass is 79.9. The van der Waals surface area contributed by atoms with Gasteiger partial charge in [-0.05, 0) is 55.0 Å². The summed E-state index contributed by atoms with van der Waals surface area (Å²) in [4.78, 5) is 23.2. The molecule has 0 aliphatic heterocycles. The maximum Gasteiger partial charge on any atom is 0.337 e. The number of methoxy groups -OCH3 is 1. The van der Waals surface area contributed by atoms with Crippen molar-refractivity contribution in [1.82, 2.24) is 0 Å². The van der Waals surface area contributed by atoms with Gasteiger partial charge in [-0.2, -0.15) is 0 Å². The van der Waals surface area contributed by atoms with Gasteiger partial charge in [0.1, 0.15) is 5.75 Å². The molecular weight excluding hydrogens is 374 g/mol. The van der Waals surface area contributed by atoms with E-state index in [0.717, 1.165) is 10.2 Å². The Morgan fingerprint density at radius 2 is 1.71 bits per heavy atom. The fourth-order valence-electron chi connectivity index (χ4n) is 1.98. The molecule has 2 rings (SSSR count). The van der Waals surface area contributed by atoms with Gasteiger partial charge in [-0.25, -0.2) is 4.79 Å². The first kappa shape index (κ1) is 18.0. The van der Waals surface area contributed by atoms with Crippen LogP contribution in [0.25, 0.3) is 0 Å². The van der Waals surface area contributed by atoms with Crippen molar-refractivity contribution in [2.75, 3.05) is 19.0 Å². The Kier molecular flexibility index (Phi) is 6.81. The monoisotopic (exact) mass is 391 g/mol. The van der Waals surface area contributed by atoms with Crippen LogP contribution in [0.1, 0.15) is 23.2 Å². The molecule has 0 fully saturated rings. The number of carbonyl (C=O) groups excluding carboxylic acids is 2. The molecule has 2 aromatic carbocycles.